The van der Waals surface area contributed by atoms with Crippen LogP contribution in [0.3, 0.4) is 0 Å². The summed E-state index contributed by atoms with van der Waals surface area (Å²) in [5, 5.41) is 22.2. The van der Waals surface area contributed by atoms with Gasteiger partial charge in [-0.15, -0.1) is 0 Å². The van der Waals surface area contributed by atoms with Crippen molar-refractivity contribution in [1.29, 1.82) is 5.26 Å². The van der Waals surface area contributed by atoms with Crippen LogP contribution < -0.4 is 5.32 Å². The SMILES string of the molecule is Cc1ccc(O)c(CNc2ccc(C#N)cc2Cl)c1. The lowest BCUT2D eigenvalue weighted by Gasteiger charge is -2.10. The lowest BCUT2D eigenvalue weighted by molar-refractivity contribution is 0.469. The van der Waals surface area contributed by atoms with Crippen molar-refractivity contribution >= 4 is 17.3 Å². The van der Waals surface area contributed by atoms with Crippen molar-refractivity contribution in [2.75, 3.05) is 5.32 Å². The van der Waals surface area contributed by atoms with Gasteiger partial charge >= 0.3 is 0 Å². The molecule has 2 aromatic carbocycles. The summed E-state index contributed by atoms with van der Waals surface area (Å²) in [6.07, 6.45) is 0. The Bertz CT molecular complexity index is 647. The summed E-state index contributed by atoms with van der Waals surface area (Å²) in [6, 6.07) is 12.5. The van der Waals surface area contributed by atoms with Crippen LogP contribution >= 0.6 is 11.6 Å². The fourth-order valence-corrected chi connectivity index (χ4v) is 2.02. The second kappa shape index (κ2) is 5.64. The second-order valence-corrected chi connectivity index (χ2v) is 4.70. The van der Waals surface area contributed by atoms with E-state index in [1.165, 1.54) is 0 Å². The molecule has 2 N–H and O–H groups in total. The predicted octanol–water partition coefficient (Wildman–Crippen LogP) is 3.84. The molecule has 0 aliphatic rings. The van der Waals surface area contributed by atoms with Crippen molar-refractivity contribution in [3.8, 4) is 11.8 Å². The van der Waals surface area contributed by atoms with Crippen molar-refractivity contribution in [3.63, 3.8) is 0 Å². The highest BCUT2D eigenvalue weighted by molar-refractivity contribution is 6.33. The number of hydrogen-bond acceptors (Lipinski definition) is 3. The van der Waals surface area contributed by atoms with Crippen LogP contribution in [0, 0.1) is 18.3 Å². The number of rotatable bonds is 3. The summed E-state index contributed by atoms with van der Waals surface area (Å²) in [5.74, 6) is 0.253. The lowest BCUT2D eigenvalue weighted by atomic mass is 10.1. The molecule has 0 saturated carbocycles. The van der Waals surface area contributed by atoms with Crippen molar-refractivity contribution in [1.82, 2.24) is 0 Å². The molecule has 4 heteroatoms. The van der Waals surface area contributed by atoms with E-state index in [4.69, 9.17) is 16.9 Å². The maximum atomic E-state index is 9.75. The van der Waals surface area contributed by atoms with Gasteiger partial charge in [0.15, 0.2) is 0 Å². The first-order valence-electron chi connectivity index (χ1n) is 5.82. The van der Waals surface area contributed by atoms with Crippen molar-refractivity contribution in [2.45, 2.75) is 13.5 Å². The van der Waals surface area contributed by atoms with E-state index in [0.29, 0.717) is 17.1 Å². The van der Waals surface area contributed by atoms with E-state index in [2.05, 4.69) is 5.32 Å². The number of nitriles is 1. The van der Waals surface area contributed by atoms with Crippen LogP contribution in [0.25, 0.3) is 0 Å². The van der Waals surface area contributed by atoms with Gasteiger partial charge in [-0.3, -0.25) is 0 Å². The van der Waals surface area contributed by atoms with Gasteiger partial charge in [-0.25, -0.2) is 0 Å². The molecule has 0 unspecified atom stereocenters. The van der Waals surface area contributed by atoms with Crippen LogP contribution in [0.15, 0.2) is 36.4 Å². The summed E-state index contributed by atoms with van der Waals surface area (Å²) in [6.45, 7) is 2.44. The van der Waals surface area contributed by atoms with E-state index in [1.807, 2.05) is 25.1 Å². The first-order valence-corrected chi connectivity index (χ1v) is 6.20. The van der Waals surface area contributed by atoms with Crippen molar-refractivity contribution < 1.29 is 5.11 Å². The van der Waals surface area contributed by atoms with Crippen molar-refractivity contribution in [3.05, 3.63) is 58.1 Å². The van der Waals surface area contributed by atoms with Gasteiger partial charge in [0.25, 0.3) is 0 Å². The fourth-order valence-electron chi connectivity index (χ4n) is 1.77. The molecule has 0 amide bonds. The molecule has 19 heavy (non-hydrogen) atoms. The van der Waals surface area contributed by atoms with Gasteiger partial charge in [0.05, 0.1) is 22.3 Å². The standard InChI is InChI=1S/C15H13ClN2O/c1-10-2-5-15(19)12(6-10)9-18-14-4-3-11(8-17)7-13(14)16/h2-7,18-19H,9H2,1H3. The molecule has 0 radical (unpaired) electrons. The Morgan fingerprint density at radius 1 is 1.26 bits per heavy atom. The summed E-state index contributed by atoms with van der Waals surface area (Å²) in [5.41, 5.74) is 3.15. The highest BCUT2D eigenvalue weighted by atomic mass is 35.5. The van der Waals surface area contributed by atoms with Gasteiger partial charge in [-0.05, 0) is 31.2 Å². The summed E-state index contributed by atoms with van der Waals surface area (Å²) in [4.78, 5) is 0. The number of phenols is 1. The summed E-state index contributed by atoms with van der Waals surface area (Å²) in [7, 11) is 0. The molecular weight excluding hydrogens is 260 g/mol. The molecule has 2 aromatic rings. The van der Waals surface area contributed by atoms with Gasteiger partial charge in [-0.1, -0.05) is 29.3 Å². The number of benzene rings is 2. The Labute approximate surface area is 117 Å². The second-order valence-electron chi connectivity index (χ2n) is 4.29. The minimum atomic E-state index is 0.253. The maximum Gasteiger partial charge on any atom is 0.120 e. The molecule has 96 valence electrons. The number of nitrogens with zero attached hydrogens (tertiary/aromatic N) is 1. The number of anilines is 1. The van der Waals surface area contributed by atoms with Crippen LogP contribution in [0.5, 0.6) is 5.75 Å². The maximum absolute atomic E-state index is 9.75. The largest absolute Gasteiger partial charge is 0.508 e. The highest BCUT2D eigenvalue weighted by Gasteiger charge is 2.04. The Kier molecular flexibility index (Phi) is 3.94. The zero-order chi connectivity index (χ0) is 13.8. The van der Waals surface area contributed by atoms with E-state index >= 15 is 0 Å². The summed E-state index contributed by atoms with van der Waals surface area (Å²) < 4.78 is 0. The average Bonchev–Trinajstić information content (AvgIpc) is 2.40. The first kappa shape index (κ1) is 13.3. The number of halogens is 1. The molecular formula is C15H13ClN2O. The van der Waals surface area contributed by atoms with Crippen LogP contribution in [-0.2, 0) is 6.54 Å². The minimum absolute atomic E-state index is 0.253. The molecule has 0 heterocycles. The van der Waals surface area contributed by atoms with E-state index in [-0.39, 0.29) is 5.75 Å². The topological polar surface area (TPSA) is 56.0 Å². The van der Waals surface area contributed by atoms with Gasteiger partial charge in [-0.2, -0.15) is 5.26 Å². The fraction of sp³-hybridized carbons (Fsp3) is 0.133. The minimum Gasteiger partial charge on any atom is -0.508 e. The van der Waals surface area contributed by atoms with Gasteiger partial charge in [0.2, 0.25) is 0 Å². The number of aromatic hydroxyl groups is 1. The number of aryl methyl sites for hydroxylation is 1. The van der Waals surface area contributed by atoms with E-state index in [9.17, 15) is 5.11 Å². The summed E-state index contributed by atoms with van der Waals surface area (Å²) >= 11 is 6.07. The molecule has 0 saturated heterocycles. The Balaban J connectivity index is 2.15. The van der Waals surface area contributed by atoms with Crippen molar-refractivity contribution in [2.24, 2.45) is 0 Å². The number of hydrogen-bond donors (Lipinski definition) is 2. The number of nitrogens with one attached hydrogen (secondary N) is 1. The van der Waals surface area contributed by atoms with Gasteiger partial charge in [0.1, 0.15) is 5.75 Å². The Hall–Kier alpha value is -2.18. The zero-order valence-corrected chi connectivity index (χ0v) is 11.2. The predicted molar refractivity (Wildman–Crippen MR) is 76.3 cm³/mol. The van der Waals surface area contributed by atoms with E-state index < -0.39 is 0 Å². The molecule has 0 bridgehead atoms. The van der Waals surface area contributed by atoms with Crippen LogP contribution in [0.1, 0.15) is 16.7 Å². The zero-order valence-electron chi connectivity index (χ0n) is 10.4. The monoisotopic (exact) mass is 272 g/mol. The highest BCUT2D eigenvalue weighted by Crippen LogP contribution is 2.25. The normalized spacial score (nSPS) is 9.95. The molecule has 2 rings (SSSR count). The van der Waals surface area contributed by atoms with E-state index in [0.717, 1.165) is 16.8 Å². The molecule has 0 fully saturated rings. The molecule has 3 nitrogen and oxygen atoms in total. The third-order valence-electron chi connectivity index (χ3n) is 2.80. The van der Waals surface area contributed by atoms with Crippen LogP contribution in [0.2, 0.25) is 5.02 Å². The Morgan fingerprint density at radius 3 is 2.74 bits per heavy atom. The smallest absolute Gasteiger partial charge is 0.120 e. The quantitative estimate of drug-likeness (QED) is 0.893. The van der Waals surface area contributed by atoms with Crippen LogP contribution in [-0.4, -0.2) is 5.11 Å². The average molecular weight is 273 g/mol. The van der Waals surface area contributed by atoms with Gasteiger partial charge in [0, 0.05) is 12.1 Å². The molecule has 0 aliphatic heterocycles. The molecule has 0 atom stereocenters. The molecule has 0 aliphatic carbocycles. The molecule has 0 spiro atoms. The van der Waals surface area contributed by atoms with Crippen LogP contribution in [0.4, 0.5) is 5.69 Å². The third kappa shape index (κ3) is 3.18. The van der Waals surface area contributed by atoms with E-state index in [1.54, 1.807) is 24.3 Å². The lowest BCUT2D eigenvalue weighted by Crippen LogP contribution is -2.00. The van der Waals surface area contributed by atoms with Gasteiger partial charge < -0.3 is 10.4 Å². The number of phenolic OH excluding ortho intramolecular Hbond substituents is 1. The Morgan fingerprint density at radius 2 is 2.05 bits per heavy atom. The third-order valence-corrected chi connectivity index (χ3v) is 3.12. The first-order chi connectivity index (χ1) is 9.10. The molecule has 0 aromatic heterocycles.